The van der Waals surface area contributed by atoms with Crippen LogP contribution in [0.25, 0.3) is 10.9 Å². The number of nitriles is 1. The highest BCUT2D eigenvalue weighted by Gasteiger charge is 2.64. The van der Waals surface area contributed by atoms with Crippen molar-refractivity contribution in [2.45, 2.75) is 56.8 Å². The van der Waals surface area contributed by atoms with Crippen molar-refractivity contribution in [3.63, 3.8) is 0 Å². The van der Waals surface area contributed by atoms with E-state index in [1.165, 1.54) is 12.8 Å². The zero-order chi connectivity index (χ0) is 21.0. The van der Waals surface area contributed by atoms with Crippen LogP contribution in [0.1, 0.15) is 37.1 Å². The van der Waals surface area contributed by atoms with Crippen LogP contribution in [0.3, 0.4) is 0 Å². The third-order valence-corrected chi connectivity index (χ3v) is 7.22. The van der Waals surface area contributed by atoms with Crippen LogP contribution < -0.4 is 5.32 Å². The molecule has 2 N–H and O–H groups in total. The molecule has 0 bridgehead atoms. The molecule has 0 amide bonds. The standard InChI is InChI=1S/C23H26N8/c1-15-8-22(29-28-15)27-21-9-19-18(4-2-7-25-19)20(26-21)14-30-12-16-10-23(5-3-6-24)11-17(13-30)31(16)23/h2,4,7-9,16-17H,3,5,10-14H2,1H3,(H2,26,27,28,29)/t16-,17+,23?. The lowest BCUT2D eigenvalue weighted by Crippen LogP contribution is -2.84. The summed E-state index contributed by atoms with van der Waals surface area (Å²) < 4.78 is 0. The van der Waals surface area contributed by atoms with Gasteiger partial charge in [0.05, 0.1) is 17.3 Å². The lowest BCUT2D eigenvalue weighted by atomic mass is 9.61. The predicted octanol–water partition coefficient (Wildman–Crippen LogP) is 3.11. The molecule has 0 saturated carbocycles. The maximum Gasteiger partial charge on any atom is 0.153 e. The van der Waals surface area contributed by atoms with Crippen LogP contribution in [0.5, 0.6) is 0 Å². The predicted molar refractivity (Wildman–Crippen MR) is 118 cm³/mol. The van der Waals surface area contributed by atoms with Gasteiger partial charge < -0.3 is 5.32 Å². The summed E-state index contributed by atoms with van der Waals surface area (Å²) in [5.74, 6) is 1.53. The highest BCUT2D eigenvalue weighted by atomic mass is 15.4. The Balaban J connectivity index is 1.22. The number of fused-ring (bicyclic) bond motifs is 1. The third kappa shape index (κ3) is 3.08. The smallest absolute Gasteiger partial charge is 0.153 e. The minimum absolute atomic E-state index is 0.345. The molecule has 3 atom stereocenters. The van der Waals surface area contributed by atoms with E-state index in [2.05, 4.69) is 42.4 Å². The van der Waals surface area contributed by atoms with Gasteiger partial charge in [0.25, 0.3) is 0 Å². The number of piperazine rings is 1. The average Bonchev–Trinajstić information content (AvgIpc) is 3.13. The SMILES string of the molecule is Cc1cc(Nc2cc3ncccc3c(CN3C[C@@H]4CC5(CCC#N)C[C@H](C3)N45)n2)n[nH]1. The van der Waals surface area contributed by atoms with Crippen LogP contribution in [0.2, 0.25) is 0 Å². The van der Waals surface area contributed by atoms with Crippen molar-refractivity contribution in [2.24, 2.45) is 0 Å². The van der Waals surface area contributed by atoms with E-state index in [9.17, 15) is 0 Å². The van der Waals surface area contributed by atoms with E-state index in [-0.39, 0.29) is 0 Å². The number of nitrogens with one attached hydrogen (secondary N) is 2. The molecule has 158 valence electrons. The normalized spacial score (nSPS) is 27.2. The molecule has 0 aliphatic carbocycles. The quantitative estimate of drug-likeness (QED) is 0.640. The number of H-pyrrole nitrogens is 1. The molecule has 0 spiro atoms. The Morgan fingerprint density at radius 3 is 2.84 bits per heavy atom. The average molecular weight is 415 g/mol. The van der Waals surface area contributed by atoms with E-state index in [1.54, 1.807) is 0 Å². The second-order valence-electron chi connectivity index (χ2n) is 9.29. The first-order valence-electron chi connectivity index (χ1n) is 11.0. The number of anilines is 2. The van der Waals surface area contributed by atoms with Crippen LogP contribution in [-0.2, 0) is 6.54 Å². The van der Waals surface area contributed by atoms with E-state index >= 15 is 0 Å². The van der Waals surface area contributed by atoms with Crippen molar-refractivity contribution in [1.82, 2.24) is 30.0 Å². The molecule has 3 aromatic heterocycles. The molecule has 0 aromatic carbocycles. The van der Waals surface area contributed by atoms with Crippen LogP contribution in [-0.4, -0.2) is 60.7 Å². The molecular weight excluding hydrogens is 388 g/mol. The Kier molecular flexibility index (Phi) is 4.23. The summed E-state index contributed by atoms with van der Waals surface area (Å²) in [6.45, 7) is 4.95. The summed E-state index contributed by atoms with van der Waals surface area (Å²) in [6, 6.07) is 11.6. The largest absolute Gasteiger partial charge is 0.323 e. The molecule has 8 nitrogen and oxygen atoms in total. The van der Waals surface area contributed by atoms with E-state index in [0.29, 0.717) is 24.0 Å². The zero-order valence-electron chi connectivity index (χ0n) is 17.7. The molecule has 31 heavy (non-hydrogen) atoms. The van der Waals surface area contributed by atoms with Gasteiger partial charge in [0.15, 0.2) is 5.82 Å². The molecule has 3 aliphatic heterocycles. The van der Waals surface area contributed by atoms with Crippen molar-refractivity contribution in [3.05, 3.63) is 41.9 Å². The minimum Gasteiger partial charge on any atom is -0.323 e. The van der Waals surface area contributed by atoms with Crippen molar-refractivity contribution >= 4 is 22.5 Å². The maximum atomic E-state index is 8.97. The van der Waals surface area contributed by atoms with Crippen molar-refractivity contribution < 1.29 is 0 Å². The van der Waals surface area contributed by atoms with Gasteiger partial charge in [-0.15, -0.1) is 0 Å². The molecule has 3 saturated heterocycles. The van der Waals surface area contributed by atoms with Gasteiger partial charge in [-0.2, -0.15) is 10.4 Å². The number of nitrogens with zero attached hydrogens (tertiary/aromatic N) is 6. The number of hydrogen-bond donors (Lipinski definition) is 2. The second kappa shape index (κ2) is 7.01. The van der Waals surface area contributed by atoms with Gasteiger partial charge in [0, 0.05) is 73.1 Å². The summed E-state index contributed by atoms with van der Waals surface area (Å²) >= 11 is 0. The molecule has 3 fully saturated rings. The van der Waals surface area contributed by atoms with E-state index in [0.717, 1.165) is 60.0 Å². The van der Waals surface area contributed by atoms with Gasteiger partial charge in [0.1, 0.15) is 5.82 Å². The number of likely N-dealkylation sites (tertiary alicyclic amines) is 1. The van der Waals surface area contributed by atoms with Gasteiger partial charge >= 0.3 is 0 Å². The maximum absolute atomic E-state index is 8.97. The summed E-state index contributed by atoms with van der Waals surface area (Å²) in [5, 5.41) is 20.6. The lowest BCUT2D eigenvalue weighted by molar-refractivity contribution is -0.235. The third-order valence-electron chi connectivity index (χ3n) is 7.22. The summed E-state index contributed by atoms with van der Waals surface area (Å²) in [7, 11) is 0. The van der Waals surface area contributed by atoms with Crippen LogP contribution in [0.4, 0.5) is 11.6 Å². The zero-order valence-corrected chi connectivity index (χ0v) is 17.7. The fourth-order valence-corrected chi connectivity index (χ4v) is 6.10. The van der Waals surface area contributed by atoms with Crippen molar-refractivity contribution in [2.75, 3.05) is 18.4 Å². The van der Waals surface area contributed by atoms with E-state index < -0.39 is 0 Å². The van der Waals surface area contributed by atoms with Gasteiger partial charge in [-0.1, -0.05) is 0 Å². The van der Waals surface area contributed by atoms with Gasteiger partial charge in [-0.3, -0.25) is 19.9 Å². The number of aryl methyl sites for hydroxylation is 1. The molecule has 8 heteroatoms. The van der Waals surface area contributed by atoms with Gasteiger partial charge in [-0.05, 0) is 38.3 Å². The van der Waals surface area contributed by atoms with Crippen molar-refractivity contribution in [1.29, 1.82) is 5.26 Å². The number of rotatable bonds is 6. The minimum atomic E-state index is 0.345. The van der Waals surface area contributed by atoms with E-state index in [4.69, 9.17) is 10.2 Å². The van der Waals surface area contributed by atoms with Gasteiger partial charge in [0.2, 0.25) is 0 Å². The van der Waals surface area contributed by atoms with Gasteiger partial charge in [-0.25, -0.2) is 4.98 Å². The summed E-state index contributed by atoms with van der Waals surface area (Å²) in [6.07, 6.45) is 6.01. The number of hydrogen-bond acceptors (Lipinski definition) is 7. The molecule has 0 radical (unpaired) electrons. The first-order chi connectivity index (χ1) is 15.1. The van der Waals surface area contributed by atoms with E-state index in [1.807, 2.05) is 31.3 Å². The van der Waals surface area contributed by atoms with Crippen molar-refractivity contribution in [3.8, 4) is 6.07 Å². The first kappa shape index (κ1) is 18.7. The topological polar surface area (TPSA) is 96.8 Å². The molecule has 3 aromatic rings. The monoisotopic (exact) mass is 414 g/mol. The molecule has 1 unspecified atom stereocenters. The Hall–Kier alpha value is -3.02. The molecule has 6 heterocycles. The highest BCUT2D eigenvalue weighted by molar-refractivity contribution is 5.83. The second-order valence-corrected chi connectivity index (χ2v) is 9.29. The Labute approximate surface area is 181 Å². The summed E-state index contributed by atoms with van der Waals surface area (Å²) in [4.78, 5) is 14.8. The highest BCUT2D eigenvalue weighted by Crippen LogP contribution is 2.56. The van der Waals surface area contributed by atoms with Crippen LogP contribution >= 0.6 is 0 Å². The molecule has 3 aliphatic rings. The number of pyridine rings is 2. The Bertz CT molecular complexity index is 1160. The van der Waals surface area contributed by atoms with Crippen LogP contribution in [0.15, 0.2) is 30.5 Å². The number of aromatic nitrogens is 4. The number of piperidine rings is 1. The number of aromatic amines is 1. The lowest BCUT2D eigenvalue weighted by Gasteiger charge is -2.74. The Morgan fingerprint density at radius 2 is 2.10 bits per heavy atom. The fourth-order valence-electron chi connectivity index (χ4n) is 6.10. The summed E-state index contributed by atoms with van der Waals surface area (Å²) in [5.41, 5.74) is 3.36. The Morgan fingerprint density at radius 1 is 1.26 bits per heavy atom. The molecule has 6 rings (SSSR count). The first-order valence-corrected chi connectivity index (χ1v) is 11.0. The molecular formula is C23H26N8. The van der Waals surface area contributed by atoms with Crippen LogP contribution in [0, 0.1) is 18.3 Å². The fraction of sp³-hybridized carbons (Fsp3) is 0.478.